The molecule has 18 heavy (non-hydrogen) atoms. The number of hydrogen-bond acceptors (Lipinski definition) is 3. The number of hydrogen-bond donors (Lipinski definition) is 1. The summed E-state index contributed by atoms with van der Waals surface area (Å²) in [7, 11) is 0. The van der Waals surface area contributed by atoms with Gasteiger partial charge in [-0.1, -0.05) is 18.2 Å². The van der Waals surface area contributed by atoms with E-state index in [2.05, 4.69) is 29.2 Å². The minimum atomic E-state index is 0.105. The molecular weight excluding hydrogens is 226 g/mol. The number of amides is 1. The first kappa shape index (κ1) is 11.5. The third-order valence-corrected chi connectivity index (χ3v) is 3.87. The molecule has 1 aliphatic carbocycles. The number of anilines is 1. The Morgan fingerprint density at radius 2 is 1.72 bits per heavy atom. The van der Waals surface area contributed by atoms with Crippen molar-refractivity contribution in [2.45, 2.75) is 12.5 Å². The first-order chi connectivity index (χ1) is 8.75. The smallest absolute Gasteiger partial charge is 0.227 e. The molecule has 1 aliphatic heterocycles. The highest BCUT2D eigenvalue weighted by atomic mass is 16.2. The first-order valence-electron chi connectivity index (χ1n) is 6.60. The first-order valence-corrected chi connectivity index (χ1v) is 6.60. The molecule has 0 spiro atoms. The van der Waals surface area contributed by atoms with Gasteiger partial charge in [-0.15, -0.1) is 0 Å². The molecule has 0 radical (unpaired) electrons. The molecule has 3 rings (SSSR count). The Kier molecular flexibility index (Phi) is 2.96. The van der Waals surface area contributed by atoms with Crippen molar-refractivity contribution >= 4 is 11.6 Å². The second-order valence-electron chi connectivity index (χ2n) is 5.15. The SMILES string of the molecule is NC1CC1C(=O)N1CCN(c2ccccc2)CC1. The summed E-state index contributed by atoms with van der Waals surface area (Å²) in [5, 5.41) is 0. The molecule has 2 N–H and O–H groups in total. The number of carbonyl (C=O) groups is 1. The van der Waals surface area contributed by atoms with Crippen molar-refractivity contribution < 1.29 is 4.79 Å². The van der Waals surface area contributed by atoms with Gasteiger partial charge in [-0.25, -0.2) is 0 Å². The summed E-state index contributed by atoms with van der Waals surface area (Å²) in [6.45, 7) is 3.46. The van der Waals surface area contributed by atoms with E-state index in [0.29, 0.717) is 0 Å². The zero-order valence-electron chi connectivity index (χ0n) is 10.5. The summed E-state index contributed by atoms with van der Waals surface area (Å²) in [6, 6.07) is 10.5. The van der Waals surface area contributed by atoms with Crippen LogP contribution in [0.25, 0.3) is 0 Å². The molecule has 2 fully saturated rings. The molecule has 1 heterocycles. The lowest BCUT2D eigenvalue weighted by Gasteiger charge is -2.36. The second kappa shape index (κ2) is 4.61. The van der Waals surface area contributed by atoms with E-state index >= 15 is 0 Å². The van der Waals surface area contributed by atoms with Crippen LogP contribution in [0.15, 0.2) is 30.3 Å². The van der Waals surface area contributed by atoms with Crippen LogP contribution in [-0.4, -0.2) is 43.0 Å². The lowest BCUT2D eigenvalue weighted by Crippen LogP contribution is -2.49. The number of carbonyl (C=O) groups excluding carboxylic acids is 1. The predicted molar refractivity (Wildman–Crippen MR) is 71.3 cm³/mol. The maximum absolute atomic E-state index is 12.0. The Hall–Kier alpha value is -1.55. The number of piperazine rings is 1. The van der Waals surface area contributed by atoms with E-state index < -0.39 is 0 Å². The lowest BCUT2D eigenvalue weighted by molar-refractivity contribution is -0.132. The van der Waals surface area contributed by atoms with Gasteiger partial charge >= 0.3 is 0 Å². The topological polar surface area (TPSA) is 49.6 Å². The van der Waals surface area contributed by atoms with Gasteiger partial charge in [0.2, 0.25) is 5.91 Å². The van der Waals surface area contributed by atoms with Crippen LogP contribution in [0.5, 0.6) is 0 Å². The van der Waals surface area contributed by atoms with Crippen LogP contribution in [0, 0.1) is 5.92 Å². The fraction of sp³-hybridized carbons (Fsp3) is 0.500. The van der Waals surface area contributed by atoms with Crippen LogP contribution < -0.4 is 10.6 Å². The Labute approximate surface area is 107 Å². The van der Waals surface area contributed by atoms with E-state index in [4.69, 9.17) is 5.73 Å². The molecule has 2 aliphatic rings. The summed E-state index contributed by atoms with van der Waals surface area (Å²) in [4.78, 5) is 16.3. The fourth-order valence-corrected chi connectivity index (χ4v) is 2.56. The number of para-hydroxylation sites is 1. The van der Waals surface area contributed by atoms with Crippen LogP contribution in [0.3, 0.4) is 0 Å². The molecule has 4 heteroatoms. The minimum Gasteiger partial charge on any atom is -0.368 e. The Balaban J connectivity index is 1.57. The molecule has 1 aromatic rings. The highest BCUT2D eigenvalue weighted by molar-refractivity contribution is 5.82. The van der Waals surface area contributed by atoms with Gasteiger partial charge in [0.1, 0.15) is 0 Å². The van der Waals surface area contributed by atoms with E-state index in [9.17, 15) is 4.79 Å². The number of rotatable bonds is 2. The standard InChI is InChI=1S/C14H19N3O/c15-13-10-12(13)14(18)17-8-6-16(7-9-17)11-4-2-1-3-5-11/h1-5,12-13H,6-10,15H2. The predicted octanol–water partition coefficient (Wildman–Crippen LogP) is 0.682. The van der Waals surface area contributed by atoms with Crippen LogP contribution in [0.2, 0.25) is 0 Å². The van der Waals surface area contributed by atoms with E-state index in [-0.39, 0.29) is 17.9 Å². The van der Waals surface area contributed by atoms with Crippen LogP contribution in [0.1, 0.15) is 6.42 Å². The molecule has 1 saturated carbocycles. The van der Waals surface area contributed by atoms with Crippen molar-refractivity contribution in [1.29, 1.82) is 0 Å². The van der Waals surface area contributed by atoms with E-state index in [1.54, 1.807) is 0 Å². The van der Waals surface area contributed by atoms with Crippen molar-refractivity contribution in [1.82, 2.24) is 4.90 Å². The average Bonchev–Trinajstić information content (AvgIpc) is 3.16. The largest absolute Gasteiger partial charge is 0.368 e. The molecule has 4 nitrogen and oxygen atoms in total. The third-order valence-electron chi connectivity index (χ3n) is 3.87. The molecule has 2 atom stereocenters. The molecule has 1 aromatic carbocycles. The Morgan fingerprint density at radius 1 is 1.11 bits per heavy atom. The lowest BCUT2D eigenvalue weighted by atomic mass is 10.2. The molecule has 96 valence electrons. The monoisotopic (exact) mass is 245 g/mol. The summed E-state index contributed by atoms with van der Waals surface area (Å²) in [5.74, 6) is 0.364. The zero-order valence-corrected chi connectivity index (χ0v) is 10.5. The molecule has 0 aromatic heterocycles. The molecule has 2 unspecified atom stereocenters. The highest BCUT2D eigenvalue weighted by Gasteiger charge is 2.42. The quantitative estimate of drug-likeness (QED) is 0.833. The van der Waals surface area contributed by atoms with E-state index in [1.807, 2.05) is 11.0 Å². The summed E-state index contributed by atoms with van der Waals surface area (Å²) in [5.41, 5.74) is 6.98. The van der Waals surface area contributed by atoms with Gasteiger partial charge in [0.05, 0.1) is 5.92 Å². The van der Waals surface area contributed by atoms with Gasteiger partial charge in [-0.3, -0.25) is 4.79 Å². The molecular formula is C14H19N3O. The van der Waals surface area contributed by atoms with Crippen molar-refractivity contribution in [2.75, 3.05) is 31.1 Å². The van der Waals surface area contributed by atoms with E-state index in [0.717, 1.165) is 32.6 Å². The average molecular weight is 245 g/mol. The minimum absolute atomic E-state index is 0.105. The molecule has 1 saturated heterocycles. The van der Waals surface area contributed by atoms with Gasteiger partial charge in [0.25, 0.3) is 0 Å². The summed E-state index contributed by atoms with van der Waals surface area (Å²) in [6.07, 6.45) is 0.873. The van der Waals surface area contributed by atoms with Crippen LogP contribution in [-0.2, 0) is 4.79 Å². The zero-order chi connectivity index (χ0) is 12.5. The molecule has 1 amide bonds. The van der Waals surface area contributed by atoms with Gasteiger partial charge in [-0.2, -0.15) is 0 Å². The summed E-state index contributed by atoms with van der Waals surface area (Å²) >= 11 is 0. The van der Waals surface area contributed by atoms with Crippen LogP contribution in [0.4, 0.5) is 5.69 Å². The maximum Gasteiger partial charge on any atom is 0.227 e. The number of nitrogens with zero attached hydrogens (tertiary/aromatic N) is 2. The van der Waals surface area contributed by atoms with Gasteiger partial charge in [0.15, 0.2) is 0 Å². The van der Waals surface area contributed by atoms with Crippen molar-refractivity contribution in [3.8, 4) is 0 Å². The number of nitrogens with two attached hydrogens (primary N) is 1. The molecule has 0 bridgehead atoms. The Morgan fingerprint density at radius 3 is 2.28 bits per heavy atom. The fourth-order valence-electron chi connectivity index (χ4n) is 2.56. The van der Waals surface area contributed by atoms with Gasteiger partial charge in [-0.05, 0) is 18.6 Å². The summed E-state index contributed by atoms with van der Waals surface area (Å²) < 4.78 is 0. The Bertz CT molecular complexity index is 426. The number of benzene rings is 1. The second-order valence-corrected chi connectivity index (χ2v) is 5.15. The van der Waals surface area contributed by atoms with Gasteiger partial charge in [0, 0.05) is 37.9 Å². The van der Waals surface area contributed by atoms with Crippen molar-refractivity contribution in [2.24, 2.45) is 11.7 Å². The highest BCUT2D eigenvalue weighted by Crippen LogP contribution is 2.30. The van der Waals surface area contributed by atoms with Crippen molar-refractivity contribution in [3.63, 3.8) is 0 Å². The normalized spacial score (nSPS) is 27.2. The van der Waals surface area contributed by atoms with Crippen molar-refractivity contribution in [3.05, 3.63) is 30.3 Å². The third kappa shape index (κ3) is 2.20. The van der Waals surface area contributed by atoms with E-state index in [1.165, 1.54) is 5.69 Å². The van der Waals surface area contributed by atoms with Crippen LogP contribution >= 0.6 is 0 Å². The van der Waals surface area contributed by atoms with Gasteiger partial charge < -0.3 is 15.5 Å². The maximum atomic E-state index is 12.0.